The molecule has 51 heavy (non-hydrogen) atoms. The molecule has 0 saturated carbocycles. The zero-order valence-corrected chi connectivity index (χ0v) is 30.3. The van der Waals surface area contributed by atoms with Crippen molar-refractivity contribution >= 4 is 64.5 Å². The van der Waals surface area contributed by atoms with E-state index in [4.69, 9.17) is 9.47 Å². The molecule has 2 aromatic carbocycles. The number of non-ortho nitro benzene ring substituents is 1. The molecular weight excluding hydrogens is 838 g/mol. The smallest absolute Gasteiger partial charge is 0.466 e. The molecule has 278 valence electrons. The average Bonchev–Trinajstić information content (AvgIpc) is 3.53. The van der Waals surface area contributed by atoms with Gasteiger partial charge in [-0.3, -0.25) is 29.4 Å². The van der Waals surface area contributed by atoms with Crippen molar-refractivity contribution in [1.82, 2.24) is 10.2 Å². The SMILES string of the molecule is O=C1NC2OC(c3ccccc3Br)=CC2=CN1[C@@H]1O[C@H](COP(=O)(O)OP(=O)(O)OP(=O)(O)OP(=O)(O)Cc2ccc([N+](=O)[O-])cc2)C(O)[C@@H]1O. The standard InChI is InChI=1S/C24H26BrN3O19P4/c25-17-4-2-1-3-16(17)18-9-14-10-27(24(31)26-22(14)43-18)23-21(30)20(29)19(44-23)11-42-49(36,37)46-51(40,41)47-50(38,39)45-48(34,35)12-13-5-7-15(8-6-13)28(32)33/h1-10,19-23,29-30H,11-12H2,(H,26,31)(H,34,35)(H,36,37)(H,38,39)(H,40,41)/t19-,20?,21+,22?,23-/m1/s1. The highest BCUT2D eigenvalue weighted by Gasteiger charge is 2.50. The van der Waals surface area contributed by atoms with Gasteiger partial charge in [0.1, 0.15) is 24.1 Å². The predicted octanol–water partition coefficient (Wildman–Crippen LogP) is 3.16. The van der Waals surface area contributed by atoms with Crippen molar-refractivity contribution in [3.05, 3.63) is 92.1 Å². The monoisotopic (exact) mass is 863 g/mol. The van der Waals surface area contributed by atoms with Crippen LogP contribution in [0.15, 0.2) is 70.9 Å². The van der Waals surface area contributed by atoms with Crippen LogP contribution >= 0.6 is 47.0 Å². The first-order valence-electron chi connectivity index (χ1n) is 13.9. The molecule has 6 unspecified atom stereocenters. The first-order chi connectivity index (χ1) is 23.6. The van der Waals surface area contributed by atoms with Crippen LogP contribution in [0.25, 0.3) is 5.76 Å². The van der Waals surface area contributed by atoms with Crippen LogP contribution in [-0.4, -0.2) is 83.0 Å². The molecule has 5 rings (SSSR count). The Bertz CT molecular complexity index is 1960. The number of nitro groups is 1. The molecular formula is C24H26BrN3O19P4. The van der Waals surface area contributed by atoms with Gasteiger partial charge in [0.2, 0.25) is 6.23 Å². The summed E-state index contributed by atoms with van der Waals surface area (Å²) < 4.78 is 77.6. The van der Waals surface area contributed by atoms with Crippen molar-refractivity contribution in [2.75, 3.05) is 6.61 Å². The van der Waals surface area contributed by atoms with Crippen molar-refractivity contribution in [2.45, 2.75) is 36.9 Å². The maximum absolute atomic E-state index is 12.9. The number of aliphatic hydroxyl groups is 2. The van der Waals surface area contributed by atoms with Gasteiger partial charge < -0.3 is 39.3 Å². The Morgan fingerprint density at radius 3 is 2.20 bits per heavy atom. The Morgan fingerprint density at radius 2 is 1.55 bits per heavy atom. The second-order valence-corrected chi connectivity index (χ2v) is 18.2. The van der Waals surface area contributed by atoms with Gasteiger partial charge in [0.15, 0.2) is 6.23 Å². The lowest BCUT2D eigenvalue weighted by molar-refractivity contribution is -0.384. The average molecular weight is 864 g/mol. The maximum atomic E-state index is 12.9. The van der Waals surface area contributed by atoms with E-state index in [0.717, 1.165) is 29.2 Å². The number of carbonyl (C=O) groups excluding carboxylic acids is 1. The van der Waals surface area contributed by atoms with E-state index < -0.39 is 85.6 Å². The number of nitrogens with zero attached hydrogens (tertiary/aromatic N) is 2. The van der Waals surface area contributed by atoms with Gasteiger partial charge in [-0.05, 0) is 17.7 Å². The third kappa shape index (κ3) is 9.87. The van der Waals surface area contributed by atoms with Crippen LogP contribution in [0, 0.1) is 10.1 Å². The first-order valence-corrected chi connectivity index (χ1v) is 21.0. The molecule has 3 heterocycles. The van der Waals surface area contributed by atoms with Crippen molar-refractivity contribution in [3.63, 3.8) is 0 Å². The van der Waals surface area contributed by atoms with Crippen LogP contribution in [0.1, 0.15) is 11.1 Å². The fourth-order valence-corrected chi connectivity index (χ4v) is 10.9. The number of hydrogen-bond donors (Lipinski definition) is 7. The molecule has 27 heteroatoms. The molecule has 0 aliphatic carbocycles. The van der Waals surface area contributed by atoms with E-state index in [0.29, 0.717) is 21.4 Å². The van der Waals surface area contributed by atoms with Crippen LogP contribution < -0.4 is 5.32 Å². The number of rotatable bonds is 14. The third-order valence-corrected chi connectivity index (χ3v) is 14.0. The molecule has 0 bridgehead atoms. The summed E-state index contributed by atoms with van der Waals surface area (Å²) in [4.78, 5) is 63.3. The van der Waals surface area contributed by atoms with Gasteiger partial charge in [-0.15, -0.1) is 0 Å². The normalized spacial score (nSPS) is 27.8. The van der Waals surface area contributed by atoms with E-state index >= 15 is 0 Å². The van der Waals surface area contributed by atoms with Crippen molar-refractivity contribution < 1.29 is 84.7 Å². The van der Waals surface area contributed by atoms with Crippen LogP contribution in [-0.2, 0) is 51.4 Å². The molecule has 22 nitrogen and oxygen atoms in total. The lowest BCUT2D eigenvalue weighted by atomic mass is 10.1. The molecule has 2 amide bonds. The third-order valence-electron chi connectivity index (χ3n) is 6.95. The zero-order chi connectivity index (χ0) is 37.5. The summed E-state index contributed by atoms with van der Waals surface area (Å²) in [5, 5.41) is 34.4. The van der Waals surface area contributed by atoms with Crippen LogP contribution in [0.3, 0.4) is 0 Å². The van der Waals surface area contributed by atoms with Gasteiger partial charge >= 0.3 is 37.1 Å². The number of carbonyl (C=O) groups is 1. The topological polar surface area (TPSA) is 321 Å². The highest BCUT2D eigenvalue weighted by atomic mass is 79.9. The molecule has 0 aromatic heterocycles. The molecule has 9 atom stereocenters. The minimum Gasteiger partial charge on any atom is -0.466 e. The lowest BCUT2D eigenvalue weighted by Gasteiger charge is -2.33. The van der Waals surface area contributed by atoms with E-state index in [2.05, 4.69) is 38.7 Å². The van der Waals surface area contributed by atoms with E-state index in [9.17, 15) is 63.0 Å². The van der Waals surface area contributed by atoms with Gasteiger partial charge in [-0.1, -0.05) is 46.3 Å². The number of amides is 2. The minimum absolute atomic E-state index is 0.0939. The number of ether oxygens (including phenoxy) is 2. The Hall–Kier alpha value is -2.65. The second kappa shape index (κ2) is 15.0. The van der Waals surface area contributed by atoms with E-state index in [1.165, 1.54) is 6.20 Å². The van der Waals surface area contributed by atoms with Crippen molar-refractivity contribution in [3.8, 4) is 0 Å². The Labute approximate surface area is 294 Å². The summed E-state index contributed by atoms with van der Waals surface area (Å²) in [6.07, 6.45) is -5.99. The van der Waals surface area contributed by atoms with Crippen molar-refractivity contribution in [1.29, 1.82) is 0 Å². The van der Waals surface area contributed by atoms with E-state index in [1.54, 1.807) is 30.3 Å². The largest absolute Gasteiger partial charge is 0.490 e. The fraction of sp³-hybridized carbons (Fsp3) is 0.292. The number of phosphoric ester groups is 1. The predicted molar refractivity (Wildman–Crippen MR) is 171 cm³/mol. The molecule has 7 N–H and O–H groups in total. The number of urea groups is 1. The number of aliphatic hydroxyl groups excluding tert-OH is 2. The fourth-order valence-electron chi connectivity index (χ4n) is 4.79. The van der Waals surface area contributed by atoms with Gasteiger partial charge in [0, 0.05) is 33.9 Å². The lowest BCUT2D eigenvalue weighted by Crippen LogP contribution is -2.54. The molecule has 1 saturated heterocycles. The van der Waals surface area contributed by atoms with Crippen LogP contribution in [0.2, 0.25) is 0 Å². The minimum atomic E-state index is -6.12. The van der Waals surface area contributed by atoms with E-state index in [-0.39, 0.29) is 11.3 Å². The number of benzene rings is 2. The van der Waals surface area contributed by atoms with Gasteiger partial charge in [0.05, 0.1) is 17.7 Å². The maximum Gasteiger partial charge on any atom is 0.490 e. The molecule has 0 spiro atoms. The molecule has 0 radical (unpaired) electrons. The number of hydrogen-bond acceptors (Lipinski definition) is 15. The number of halogens is 1. The van der Waals surface area contributed by atoms with E-state index in [1.807, 2.05) is 0 Å². The Balaban J connectivity index is 1.17. The summed E-state index contributed by atoms with van der Waals surface area (Å²) in [5.41, 5.74) is 0.626. The molecule has 2 aromatic rings. The number of nitro benzene ring substituents is 1. The highest BCUT2D eigenvalue weighted by molar-refractivity contribution is 9.10. The molecule has 1 fully saturated rings. The van der Waals surface area contributed by atoms with Crippen LogP contribution in [0.4, 0.5) is 10.5 Å². The Kier molecular flexibility index (Phi) is 11.6. The molecule has 3 aliphatic rings. The number of phosphoric acid groups is 3. The van der Waals surface area contributed by atoms with Crippen LogP contribution in [0.5, 0.6) is 0 Å². The van der Waals surface area contributed by atoms with Gasteiger partial charge in [0.25, 0.3) is 5.69 Å². The highest BCUT2D eigenvalue weighted by Crippen LogP contribution is 2.71. The van der Waals surface area contributed by atoms with Gasteiger partial charge in [-0.25, -0.2) is 22.8 Å². The quantitative estimate of drug-likeness (QED) is 0.0814. The summed E-state index contributed by atoms with van der Waals surface area (Å²) in [7, 11) is -23.1. The zero-order valence-electron chi connectivity index (χ0n) is 25.1. The molecule has 3 aliphatic heterocycles. The summed E-state index contributed by atoms with van der Waals surface area (Å²) in [5.74, 6) is 0.403. The summed E-state index contributed by atoms with van der Waals surface area (Å²) in [6.45, 7) is -1.14. The number of fused-ring (bicyclic) bond motifs is 1. The number of nitrogens with one attached hydrogen (secondary N) is 1. The summed E-state index contributed by atoms with van der Waals surface area (Å²) >= 11 is 3.41. The first kappa shape index (κ1) is 39.6. The second-order valence-electron chi connectivity index (χ2n) is 10.7. The van der Waals surface area contributed by atoms with Crippen molar-refractivity contribution in [2.24, 2.45) is 0 Å². The Morgan fingerprint density at radius 1 is 0.922 bits per heavy atom. The summed E-state index contributed by atoms with van der Waals surface area (Å²) in [6, 6.07) is 10.2. The van der Waals surface area contributed by atoms with Gasteiger partial charge in [-0.2, -0.15) is 8.62 Å².